The molecule has 144 valence electrons. The summed E-state index contributed by atoms with van der Waals surface area (Å²) in [5.74, 6) is -0.457. The number of imidazole rings is 1. The van der Waals surface area contributed by atoms with Crippen molar-refractivity contribution in [1.82, 2.24) is 19.5 Å². The summed E-state index contributed by atoms with van der Waals surface area (Å²) in [5, 5.41) is 0. The molecule has 9 heteroatoms. The number of anilines is 1. The number of rotatable bonds is 4. The second kappa shape index (κ2) is 7.94. The van der Waals surface area contributed by atoms with E-state index < -0.39 is 11.8 Å². The van der Waals surface area contributed by atoms with Crippen LogP contribution in [0.5, 0.6) is 0 Å². The summed E-state index contributed by atoms with van der Waals surface area (Å²) in [6.45, 7) is 9.59. The standard InChI is InChI=1S/C15H20FN5O3.C2H6/c1-8(2)13(22)23-6-9-4-5-15(3,24-9)21-7-18-10-11(17)19-14(16)20-12(10)21;1-2/h7-9H,4-6H2,1-3H3,(H2,17,19,20);1-2H3/t9?,15-;/m1./s1. The van der Waals surface area contributed by atoms with E-state index in [-0.39, 0.29) is 36.1 Å². The Balaban J connectivity index is 0.00000117. The molecule has 1 fully saturated rings. The van der Waals surface area contributed by atoms with Crippen LogP contribution in [0.25, 0.3) is 11.2 Å². The van der Waals surface area contributed by atoms with Gasteiger partial charge >= 0.3 is 12.0 Å². The zero-order chi connectivity index (χ0) is 19.5. The summed E-state index contributed by atoms with van der Waals surface area (Å²) in [7, 11) is 0. The molecular weight excluding hydrogens is 341 g/mol. The van der Waals surface area contributed by atoms with Crippen LogP contribution in [0.15, 0.2) is 6.33 Å². The second-order valence-electron chi connectivity index (χ2n) is 6.40. The Morgan fingerprint density at radius 1 is 1.50 bits per heavy atom. The van der Waals surface area contributed by atoms with Crippen LogP contribution in [-0.4, -0.2) is 38.2 Å². The van der Waals surface area contributed by atoms with E-state index in [4.69, 9.17) is 15.2 Å². The van der Waals surface area contributed by atoms with Crippen LogP contribution in [0.3, 0.4) is 0 Å². The third-order valence-corrected chi connectivity index (χ3v) is 4.14. The number of nitrogens with two attached hydrogens (primary N) is 1. The maximum Gasteiger partial charge on any atom is 0.312 e. The van der Waals surface area contributed by atoms with Crippen LogP contribution in [0.2, 0.25) is 0 Å². The SMILES string of the molecule is CC.CC(C)C(=O)OCC1CC[C@](C)(n2cnc3c(N)nc(F)nc32)O1. The first-order valence-electron chi connectivity index (χ1n) is 8.81. The third kappa shape index (κ3) is 3.92. The van der Waals surface area contributed by atoms with Gasteiger partial charge in [-0.3, -0.25) is 9.36 Å². The van der Waals surface area contributed by atoms with Crippen molar-refractivity contribution in [3.63, 3.8) is 0 Å². The molecule has 0 aliphatic carbocycles. The van der Waals surface area contributed by atoms with Crippen LogP contribution in [0, 0.1) is 12.0 Å². The van der Waals surface area contributed by atoms with Gasteiger partial charge in [0.25, 0.3) is 0 Å². The van der Waals surface area contributed by atoms with Crippen LogP contribution >= 0.6 is 0 Å². The van der Waals surface area contributed by atoms with E-state index in [1.54, 1.807) is 18.4 Å². The van der Waals surface area contributed by atoms with Gasteiger partial charge in [-0.1, -0.05) is 27.7 Å². The Morgan fingerprint density at radius 2 is 2.19 bits per heavy atom. The molecule has 0 amide bonds. The fraction of sp³-hybridized carbons (Fsp3) is 0.647. The predicted molar refractivity (Wildman–Crippen MR) is 94.6 cm³/mol. The number of carbonyl (C=O) groups is 1. The van der Waals surface area contributed by atoms with Crippen molar-refractivity contribution >= 4 is 23.0 Å². The van der Waals surface area contributed by atoms with Gasteiger partial charge < -0.3 is 15.2 Å². The number of hydrogen-bond donors (Lipinski definition) is 1. The zero-order valence-corrected chi connectivity index (χ0v) is 15.8. The molecule has 2 N–H and O–H groups in total. The number of aromatic nitrogens is 4. The van der Waals surface area contributed by atoms with Crippen molar-refractivity contribution in [1.29, 1.82) is 0 Å². The normalized spacial score (nSPS) is 22.3. The van der Waals surface area contributed by atoms with E-state index in [1.807, 2.05) is 20.8 Å². The first-order valence-corrected chi connectivity index (χ1v) is 8.81. The lowest BCUT2D eigenvalue weighted by molar-refractivity contribution is -0.156. The van der Waals surface area contributed by atoms with E-state index in [1.165, 1.54) is 6.33 Å². The lowest BCUT2D eigenvalue weighted by atomic mass is 10.1. The Morgan fingerprint density at radius 3 is 2.85 bits per heavy atom. The fourth-order valence-electron chi connectivity index (χ4n) is 2.78. The van der Waals surface area contributed by atoms with Gasteiger partial charge in [0.05, 0.1) is 18.3 Å². The second-order valence-corrected chi connectivity index (χ2v) is 6.40. The van der Waals surface area contributed by atoms with Crippen molar-refractivity contribution in [2.75, 3.05) is 12.3 Å². The van der Waals surface area contributed by atoms with Gasteiger partial charge in [-0.25, -0.2) is 4.98 Å². The molecule has 2 aromatic rings. The molecule has 0 bridgehead atoms. The van der Waals surface area contributed by atoms with Gasteiger partial charge in [-0.2, -0.15) is 14.4 Å². The predicted octanol–water partition coefficient (Wildman–Crippen LogP) is 2.62. The molecule has 26 heavy (non-hydrogen) atoms. The molecule has 2 aromatic heterocycles. The molecule has 1 saturated heterocycles. The highest BCUT2D eigenvalue weighted by atomic mass is 19.1. The molecule has 3 heterocycles. The molecule has 2 atom stereocenters. The number of fused-ring (bicyclic) bond motifs is 1. The smallest absolute Gasteiger partial charge is 0.312 e. The highest BCUT2D eigenvalue weighted by molar-refractivity contribution is 5.81. The van der Waals surface area contributed by atoms with E-state index in [9.17, 15) is 9.18 Å². The monoisotopic (exact) mass is 367 g/mol. The molecule has 0 saturated carbocycles. The lowest BCUT2D eigenvalue weighted by Gasteiger charge is -2.26. The fourth-order valence-corrected chi connectivity index (χ4v) is 2.78. The van der Waals surface area contributed by atoms with E-state index in [2.05, 4.69) is 15.0 Å². The quantitative estimate of drug-likeness (QED) is 0.654. The number of esters is 1. The van der Waals surface area contributed by atoms with E-state index in [0.717, 1.165) is 0 Å². The van der Waals surface area contributed by atoms with E-state index >= 15 is 0 Å². The molecule has 1 aliphatic rings. The lowest BCUT2D eigenvalue weighted by Crippen LogP contribution is -2.31. The minimum atomic E-state index is -0.911. The highest BCUT2D eigenvalue weighted by Gasteiger charge is 2.39. The maximum absolute atomic E-state index is 13.5. The number of nitrogens with zero attached hydrogens (tertiary/aromatic N) is 4. The topological polar surface area (TPSA) is 105 Å². The maximum atomic E-state index is 13.5. The van der Waals surface area contributed by atoms with Crippen molar-refractivity contribution in [2.45, 2.75) is 59.3 Å². The molecule has 0 aromatic carbocycles. The van der Waals surface area contributed by atoms with Crippen LogP contribution < -0.4 is 5.73 Å². The summed E-state index contributed by atoms with van der Waals surface area (Å²) < 4.78 is 26.4. The summed E-state index contributed by atoms with van der Waals surface area (Å²) >= 11 is 0. The van der Waals surface area contributed by atoms with E-state index in [0.29, 0.717) is 18.4 Å². The average Bonchev–Trinajstić information content (AvgIpc) is 3.19. The van der Waals surface area contributed by atoms with Crippen molar-refractivity contribution in [2.24, 2.45) is 5.92 Å². The molecule has 1 unspecified atom stereocenters. The minimum Gasteiger partial charge on any atom is -0.463 e. The first kappa shape index (κ1) is 20.0. The molecule has 0 spiro atoms. The highest BCUT2D eigenvalue weighted by Crippen LogP contribution is 2.36. The van der Waals surface area contributed by atoms with Crippen molar-refractivity contribution in [3.8, 4) is 0 Å². The van der Waals surface area contributed by atoms with Crippen LogP contribution in [0.1, 0.15) is 47.5 Å². The van der Waals surface area contributed by atoms with Gasteiger partial charge in [0.15, 0.2) is 17.0 Å². The zero-order valence-electron chi connectivity index (χ0n) is 15.8. The number of nitrogen functional groups attached to an aromatic ring is 1. The van der Waals surface area contributed by atoms with Gasteiger partial charge in [0.1, 0.15) is 12.3 Å². The van der Waals surface area contributed by atoms with Crippen LogP contribution in [-0.2, 0) is 20.0 Å². The summed E-state index contributed by atoms with van der Waals surface area (Å²) in [6.07, 6.45) is 1.71. The Bertz CT molecular complexity index is 779. The first-order chi connectivity index (χ1) is 12.3. The van der Waals surface area contributed by atoms with Gasteiger partial charge in [0.2, 0.25) is 0 Å². The molecule has 1 aliphatic heterocycles. The van der Waals surface area contributed by atoms with Gasteiger partial charge in [-0.15, -0.1) is 0 Å². The number of carbonyl (C=O) groups excluding carboxylic acids is 1. The Kier molecular flexibility index (Phi) is 6.12. The number of halogens is 1. The van der Waals surface area contributed by atoms with Crippen LogP contribution in [0.4, 0.5) is 10.2 Å². The van der Waals surface area contributed by atoms with Crippen molar-refractivity contribution in [3.05, 3.63) is 12.4 Å². The van der Waals surface area contributed by atoms with Gasteiger partial charge in [0, 0.05) is 0 Å². The Labute approximate surface area is 151 Å². The number of hydrogen-bond acceptors (Lipinski definition) is 7. The Hall–Kier alpha value is -2.29. The molecular formula is C17H26FN5O3. The molecule has 3 rings (SSSR count). The largest absolute Gasteiger partial charge is 0.463 e. The van der Waals surface area contributed by atoms with Crippen molar-refractivity contribution < 1.29 is 18.7 Å². The van der Waals surface area contributed by atoms with Gasteiger partial charge in [-0.05, 0) is 19.8 Å². The summed E-state index contributed by atoms with van der Waals surface area (Å²) in [5.41, 5.74) is 5.53. The average molecular weight is 367 g/mol. The summed E-state index contributed by atoms with van der Waals surface area (Å²) in [4.78, 5) is 23.0. The molecule has 0 radical (unpaired) electrons. The summed E-state index contributed by atoms with van der Waals surface area (Å²) in [6, 6.07) is 0. The molecule has 8 nitrogen and oxygen atoms in total. The number of ether oxygens (including phenoxy) is 2. The minimum absolute atomic E-state index is 0.0136. The third-order valence-electron chi connectivity index (χ3n) is 4.14.